The third-order valence-corrected chi connectivity index (χ3v) is 4.35. The van der Waals surface area contributed by atoms with E-state index < -0.39 is 16.9 Å². The SMILES string of the molecule is CC1(C(=O)O)CCN(C(=O)c2ccc(SC(F)(F)F)cc2)C1. The van der Waals surface area contributed by atoms with E-state index in [0.29, 0.717) is 13.0 Å². The molecule has 0 aliphatic carbocycles. The summed E-state index contributed by atoms with van der Waals surface area (Å²) in [6.45, 7) is 1.99. The fourth-order valence-electron chi connectivity index (χ4n) is 2.29. The second-order valence-corrected chi connectivity index (χ2v) is 6.55. The van der Waals surface area contributed by atoms with Gasteiger partial charge in [0.1, 0.15) is 0 Å². The fourth-order valence-corrected chi connectivity index (χ4v) is 2.83. The largest absolute Gasteiger partial charge is 0.481 e. The van der Waals surface area contributed by atoms with Gasteiger partial charge >= 0.3 is 11.5 Å². The van der Waals surface area contributed by atoms with Gasteiger partial charge in [0.05, 0.1) is 5.41 Å². The Hall–Kier alpha value is -1.70. The van der Waals surface area contributed by atoms with E-state index >= 15 is 0 Å². The summed E-state index contributed by atoms with van der Waals surface area (Å²) < 4.78 is 36.7. The zero-order chi connectivity index (χ0) is 16.5. The van der Waals surface area contributed by atoms with Crippen molar-refractivity contribution in [3.63, 3.8) is 0 Å². The molecule has 1 fully saturated rings. The molecular weight excluding hydrogens is 319 g/mol. The summed E-state index contributed by atoms with van der Waals surface area (Å²) >= 11 is -0.246. The minimum Gasteiger partial charge on any atom is -0.481 e. The predicted octanol–water partition coefficient (Wildman–Crippen LogP) is 3.24. The van der Waals surface area contributed by atoms with Crippen molar-refractivity contribution in [2.75, 3.05) is 13.1 Å². The Morgan fingerprint density at radius 2 is 1.86 bits per heavy atom. The third kappa shape index (κ3) is 3.73. The maximum atomic E-state index is 12.3. The van der Waals surface area contributed by atoms with E-state index in [4.69, 9.17) is 5.11 Å². The van der Waals surface area contributed by atoms with Crippen molar-refractivity contribution >= 4 is 23.6 Å². The van der Waals surface area contributed by atoms with Crippen LogP contribution in [0.2, 0.25) is 0 Å². The summed E-state index contributed by atoms with van der Waals surface area (Å²) in [7, 11) is 0. The first kappa shape index (κ1) is 16.7. The lowest BCUT2D eigenvalue weighted by atomic mass is 9.90. The number of amides is 1. The lowest BCUT2D eigenvalue weighted by Gasteiger charge is -2.20. The van der Waals surface area contributed by atoms with Crippen LogP contribution in [0.3, 0.4) is 0 Å². The van der Waals surface area contributed by atoms with E-state index in [0.717, 1.165) is 0 Å². The Kier molecular flexibility index (Phi) is 4.42. The average molecular weight is 333 g/mol. The van der Waals surface area contributed by atoms with E-state index in [1.807, 2.05) is 0 Å². The fraction of sp³-hybridized carbons (Fsp3) is 0.429. The van der Waals surface area contributed by atoms with E-state index in [1.54, 1.807) is 6.92 Å². The molecule has 1 aliphatic rings. The molecule has 1 amide bonds. The van der Waals surface area contributed by atoms with Crippen molar-refractivity contribution in [1.29, 1.82) is 0 Å². The Bertz CT molecular complexity index is 588. The summed E-state index contributed by atoms with van der Waals surface area (Å²) in [5, 5.41) is 9.14. The highest BCUT2D eigenvalue weighted by molar-refractivity contribution is 8.00. The molecule has 1 aromatic carbocycles. The molecule has 0 bridgehead atoms. The number of halogens is 3. The van der Waals surface area contributed by atoms with Crippen molar-refractivity contribution in [1.82, 2.24) is 4.90 Å². The standard InChI is InChI=1S/C14H14F3NO3S/c1-13(12(20)21)6-7-18(8-13)11(19)9-2-4-10(5-3-9)22-14(15,16)17/h2-5H,6-8H2,1H3,(H,20,21). The molecule has 1 aromatic rings. The number of carbonyl (C=O) groups excluding carboxylic acids is 1. The molecule has 8 heteroatoms. The van der Waals surface area contributed by atoms with Gasteiger partial charge in [0, 0.05) is 23.5 Å². The first-order valence-electron chi connectivity index (χ1n) is 6.49. The Balaban J connectivity index is 2.06. The van der Waals surface area contributed by atoms with Gasteiger partial charge in [0.2, 0.25) is 0 Å². The number of aliphatic carboxylic acids is 1. The van der Waals surface area contributed by atoms with Crippen molar-refractivity contribution in [2.45, 2.75) is 23.7 Å². The number of carbonyl (C=O) groups is 2. The number of nitrogens with zero attached hydrogens (tertiary/aromatic N) is 1. The normalized spacial score (nSPS) is 21.9. The first-order valence-corrected chi connectivity index (χ1v) is 7.31. The molecule has 1 atom stereocenters. The number of rotatable bonds is 3. The van der Waals surface area contributed by atoms with E-state index in [-0.39, 0.29) is 34.7 Å². The number of alkyl halides is 3. The Morgan fingerprint density at radius 3 is 2.32 bits per heavy atom. The molecule has 0 aromatic heterocycles. The Morgan fingerprint density at radius 1 is 1.27 bits per heavy atom. The Labute approximate surface area is 129 Å². The van der Waals surface area contributed by atoms with Crippen LogP contribution in [0.15, 0.2) is 29.2 Å². The van der Waals surface area contributed by atoms with E-state index in [9.17, 15) is 22.8 Å². The van der Waals surface area contributed by atoms with Gasteiger partial charge in [-0.3, -0.25) is 9.59 Å². The van der Waals surface area contributed by atoms with E-state index in [1.165, 1.54) is 29.2 Å². The lowest BCUT2D eigenvalue weighted by Crippen LogP contribution is -2.34. The van der Waals surface area contributed by atoms with Crippen LogP contribution < -0.4 is 0 Å². The van der Waals surface area contributed by atoms with Crippen molar-refractivity contribution < 1.29 is 27.9 Å². The molecule has 1 aliphatic heterocycles. The van der Waals surface area contributed by atoms with Gasteiger partial charge in [0.25, 0.3) is 5.91 Å². The molecule has 22 heavy (non-hydrogen) atoms. The number of carboxylic acid groups (broad SMARTS) is 1. The molecule has 0 spiro atoms. The number of benzene rings is 1. The molecule has 4 nitrogen and oxygen atoms in total. The van der Waals surface area contributed by atoms with E-state index in [2.05, 4.69) is 0 Å². The summed E-state index contributed by atoms with van der Waals surface area (Å²) in [5.41, 5.74) is -5.09. The molecule has 0 radical (unpaired) electrons. The maximum absolute atomic E-state index is 12.3. The second-order valence-electron chi connectivity index (χ2n) is 5.41. The minimum absolute atomic E-state index is 0.000784. The van der Waals surface area contributed by atoms with Gasteiger partial charge in [-0.1, -0.05) is 0 Å². The van der Waals surface area contributed by atoms with Crippen LogP contribution >= 0.6 is 11.8 Å². The van der Waals surface area contributed by atoms with Gasteiger partial charge in [-0.2, -0.15) is 13.2 Å². The van der Waals surface area contributed by atoms with Crippen LogP contribution in [0.1, 0.15) is 23.7 Å². The van der Waals surface area contributed by atoms with Crippen molar-refractivity contribution in [3.05, 3.63) is 29.8 Å². The van der Waals surface area contributed by atoms with Crippen LogP contribution in [0, 0.1) is 5.41 Å². The summed E-state index contributed by atoms with van der Waals surface area (Å²) in [6, 6.07) is 5.12. The number of carboxylic acids is 1. The number of likely N-dealkylation sites (tertiary alicyclic amines) is 1. The number of hydrogen-bond donors (Lipinski definition) is 1. The van der Waals surface area contributed by atoms with Crippen LogP contribution in [-0.2, 0) is 4.79 Å². The molecule has 0 saturated carbocycles. The van der Waals surface area contributed by atoms with Gasteiger partial charge in [-0.15, -0.1) is 0 Å². The zero-order valence-electron chi connectivity index (χ0n) is 11.7. The predicted molar refractivity (Wildman–Crippen MR) is 74.6 cm³/mol. The highest BCUT2D eigenvalue weighted by Gasteiger charge is 2.42. The summed E-state index contributed by atoms with van der Waals surface area (Å²) in [6.07, 6.45) is 0.357. The van der Waals surface area contributed by atoms with Crippen LogP contribution in [0.4, 0.5) is 13.2 Å². The van der Waals surface area contributed by atoms with Crippen LogP contribution in [0.25, 0.3) is 0 Å². The molecule has 1 saturated heterocycles. The topological polar surface area (TPSA) is 57.6 Å². The first-order chi connectivity index (χ1) is 10.1. The van der Waals surface area contributed by atoms with Crippen molar-refractivity contribution in [2.24, 2.45) is 5.41 Å². The molecule has 1 heterocycles. The highest BCUT2D eigenvalue weighted by atomic mass is 32.2. The zero-order valence-corrected chi connectivity index (χ0v) is 12.5. The van der Waals surface area contributed by atoms with Gasteiger partial charge in [-0.25, -0.2) is 0 Å². The quantitative estimate of drug-likeness (QED) is 0.863. The molecule has 1 N–H and O–H groups in total. The van der Waals surface area contributed by atoms with Crippen LogP contribution in [0.5, 0.6) is 0 Å². The number of thioether (sulfide) groups is 1. The maximum Gasteiger partial charge on any atom is 0.446 e. The second kappa shape index (κ2) is 5.83. The van der Waals surface area contributed by atoms with Gasteiger partial charge < -0.3 is 10.0 Å². The van der Waals surface area contributed by atoms with Crippen molar-refractivity contribution in [3.8, 4) is 0 Å². The molecular formula is C14H14F3NO3S. The van der Waals surface area contributed by atoms with Gasteiger partial charge in [0.15, 0.2) is 0 Å². The number of hydrogen-bond acceptors (Lipinski definition) is 3. The van der Waals surface area contributed by atoms with Crippen LogP contribution in [-0.4, -0.2) is 40.5 Å². The monoisotopic (exact) mass is 333 g/mol. The lowest BCUT2D eigenvalue weighted by molar-refractivity contribution is -0.147. The summed E-state index contributed by atoms with van der Waals surface area (Å²) in [5.74, 6) is -1.33. The molecule has 2 rings (SSSR count). The summed E-state index contributed by atoms with van der Waals surface area (Å²) in [4.78, 5) is 24.8. The highest BCUT2D eigenvalue weighted by Crippen LogP contribution is 2.37. The minimum atomic E-state index is -4.37. The van der Waals surface area contributed by atoms with Gasteiger partial charge in [-0.05, 0) is 49.4 Å². The smallest absolute Gasteiger partial charge is 0.446 e. The molecule has 1 unspecified atom stereocenters. The molecule has 120 valence electrons. The average Bonchev–Trinajstić information content (AvgIpc) is 2.81. The third-order valence-electron chi connectivity index (χ3n) is 3.61.